The molecule has 0 saturated carbocycles. The van der Waals surface area contributed by atoms with Gasteiger partial charge in [0.15, 0.2) is 5.71 Å². The van der Waals surface area contributed by atoms with Gasteiger partial charge in [0.05, 0.1) is 11.8 Å². The number of aliphatic carboxylic acids is 2. The quantitative estimate of drug-likeness (QED) is 0.163. The zero-order chi connectivity index (χ0) is 34.1. The Morgan fingerprint density at radius 2 is 1.33 bits per heavy atom. The van der Waals surface area contributed by atoms with E-state index in [4.69, 9.17) is 0 Å². The lowest BCUT2D eigenvalue weighted by atomic mass is 9.74. The van der Waals surface area contributed by atoms with Crippen LogP contribution in [0.4, 0.5) is 11.4 Å². The van der Waals surface area contributed by atoms with E-state index in [0.29, 0.717) is 13.0 Å². The molecule has 4 aromatic rings. The van der Waals surface area contributed by atoms with Crippen LogP contribution in [0.2, 0.25) is 0 Å². The fourth-order valence-electron chi connectivity index (χ4n) is 7.70. The fraction of sp³-hybridized carbons (Fsp3) is 0.262. The van der Waals surface area contributed by atoms with Gasteiger partial charge in [-0.2, -0.15) is 4.58 Å². The van der Waals surface area contributed by atoms with Crippen LogP contribution in [-0.4, -0.2) is 45.5 Å². The Hall–Kier alpha value is -5.23. The summed E-state index contributed by atoms with van der Waals surface area (Å²) >= 11 is 0. The third kappa shape index (κ3) is 6.23. The molecule has 0 aliphatic carbocycles. The second kappa shape index (κ2) is 13.1. The number of allylic oxidation sites excluding steroid dienone is 4. The Balaban J connectivity index is 1.51. The standard InChI is InChI=1S/C42H42N2O4/c1-29-18-20-35-33(24-29)41(3,26-31-12-7-5-8-13-31)37(43(35)23-22-39(45)46)16-11-17-38-42(4,27-32-14-9-6-10-15-32)34-25-30(2)19-21-36(34)44(38)28-40(47)48/h5-21,24-25H,22-23,26-28H2,1-4H3,(H-,45,46,47,48)/p+1. The van der Waals surface area contributed by atoms with Crippen molar-refractivity contribution in [2.45, 2.75) is 57.8 Å². The number of fused-ring (bicyclic) bond motifs is 2. The lowest BCUT2D eigenvalue weighted by Gasteiger charge is -2.30. The van der Waals surface area contributed by atoms with E-state index >= 15 is 0 Å². The zero-order valence-corrected chi connectivity index (χ0v) is 28.1. The summed E-state index contributed by atoms with van der Waals surface area (Å²) in [5, 5.41) is 19.8. The second-order valence-corrected chi connectivity index (χ2v) is 13.6. The minimum atomic E-state index is -0.897. The third-order valence-electron chi connectivity index (χ3n) is 9.94. The van der Waals surface area contributed by atoms with Crippen molar-refractivity contribution in [2.24, 2.45) is 0 Å². The molecule has 0 spiro atoms. The van der Waals surface area contributed by atoms with Gasteiger partial charge in [0.1, 0.15) is 0 Å². The topological polar surface area (TPSA) is 80.9 Å². The molecule has 6 nitrogen and oxygen atoms in total. The summed E-state index contributed by atoms with van der Waals surface area (Å²) in [6, 6.07) is 33.4. The number of carboxylic acid groups (broad SMARTS) is 2. The summed E-state index contributed by atoms with van der Waals surface area (Å²) in [5.41, 5.74) is 9.89. The van der Waals surface area contributed by atoms with Crippen molar-refractivity contribution in [3.63, 3.8) is 0 Å². The van der Waals surface area contributed by atoms with Crippen LogP contribution < -0.4 is 4.90 Å². The Labute approximate surface area is 283 Å². The first kappa shape index (κ1) is 32.7. The number of benzene rings is 4. The summed E-state index contributed by atoms with van der Waals surface area (Å²) in [7, 11) is 0. The molecular weight excluding hydrogens is 596 g/mol. The normalized spacial score (nSPS) is 20.8. The van der Waals surface area contributed by atoms with E-state index in [0.717, 1.165) is 45.9 Å². The molecule has 0 bridgehead atoms. The summed E-state index contributed by atoms with van der Waals surface area (Å²) < 4.78 is 1.94. The van der Waals surface area contributed by atoms with E-state index in [1.807, 2.05) is 47.0 Å². The average Bonchev–Trinajstić information content (AvgIpc) is 3.40. The van der Waals surface area contributed by atoms with Gasteiger partial charge in [-0.1, -0.05) is 96.1 Å². The van der Waals surface area contributed by atoms with Gasteiger partial charge in [0.25, 0.3) is 0 Å². The lowest BCUT2D eigenvalue weighted by Crippen LogP contribution is -2.34. The van der Waals surface area contributed by atoms with Crippen LogP contribution in [0.15, 0.2) is 121 Å². The number of carboxylic acids is 2. The molecule has 48 heavy (non-hydrogen) atoms. The van der Waals surface area contributed by atoms with Gasteiger partial charge in [0, 0.05) is 41.1 Å². The second-order valence-electron chi connectivity index (χ2n) is 13.6. The summed E-state index contributed by atoms with van der Waals surface area (Å²) in [5.74, 6) is -1.74. The Bertz CT molecular complexity index is 1960. The molecule has 2 unspecified atom stereocenters. The SMILES string of the molecule is Cc1ccc2c(c1)C(C)(Cc1ccccc1)C(/C=C/C=C1\N(CCC(=O)O)c3ccc(C)cc3C1(C)Cc1ccccc1)=[N+]2CC(=O)O. The van der Waals surface area contributed by atoms with Crippen molar-refractivity contribution >= 4 is 29.0 Å². The van der Waals surface area contributed by atoms with Crippen molar-refractivity contribution in [1.82, 2.24) is 0 Å². The maximum absolute atomic E-state index is 12.3. The highest BCUT2D eigenvalue weighted by molar-refractivity contribution is 6.04. The van der Waals surface area contributed by atoms with E-state index in [1.165, 1.54) is 16.7 Å². The summed E-state index contributed by atoms with van der Waals surface area (Å²) in [4.78, 5) is 26.3. The van der Waals surface area contributed by atoms with E-state index in [2.05, 4.69) is 105 Å². The maximum Gasteiger partial charge on any atom is 0.370 e. The van der Waals surface area contributed by atoms with Crippen molar-refractivity contribution < 1.29 is 24.4 Å². The molecule has 0 aromatic heterocycles. The summed E-state index contributed by atoms with van der Waals surface area (Å²) in [6.45, 7) is 8.80. The highest BCUT2D eigenvalue weighted by atomic mass is 16.4. The van der Waals surface area contributed by atoms with Crippen molar-refractivity contribution in [3.05, 3.63) is 154 Å². The fourth-order valence-corrected chi connectivity index (χ4v) is 7.70. The molecule has 2 heterocycles. The molecule has 0 saturated heterocycles. The van der Waals surface area contributed by atoms with Crippen LogP contribution in [-0.2, 0) is 33.3 Å². The Morgan fingerprint density at radius 3 is 1.94 bits per heavy atom. The number of anilines is 1. The van der Waals surface area contributed by atoms with Crippen LogP contribution >= 0.6 is 0 Å². The number of hydrogen-bond donors (Lipinski definition) is 2. The van der Waals surface area contributed by atoms with Gasteiger partial charge in [-0.25, -0.2) is 4.79 Å². The van der Waals surface area contributed by atoms with Crippen molar-refractivity contribution in [3.8, 4) is 0 Å². The molecule has 0 radical (unpaired) electrons. The first-order valence-corrected chi connectivity index (χ1v) is 16.5. The largest absolute Gasteiger partial charge is 0.481 e. The maximum atomic E-state index is 12.3. The molecule has 0 fully saturated rings. The van der Waals surface area contributed by atoms with Gasteiger partial charge < -0.3 is 15.1 Å². The molecule has 2 N–H and O–H groups in total. The molecule has 6 heteroatoms. The minimum Gasteiger partial charge on any atom is -0.481 e. The number of aryl methyl sites for hydroxylation is 2. The monoisotopic (exact) mass is 639 g/mol. The van der Waals surface area contributed by atoms with Crippen molar-refractivity contribution in [1.29, 1.82) is 0 Å². The predicted octanol–water partition coefficient (Wildman–Crippen LogP) is 7.92. The Kier molecular flexibility index (Phi) is 8.93. The van der Waals surface area contributed by atoms with E-state index in [1.54, 1.807) is 0 Å². The minimum absolute atomic E-state index is 0.00333. The number of nitrogens with zero attached hydrogens (tertiary/aromatic N) is 2. The van der Waals surface area contributed by atoms with Crippen LogP contribution in [0.3, 0.4) is 0 Å². The molecule has 0 amide bonds. The first-order chi connectivity index (χ1) is 23.0. The number of hydrogen-bond acceptors (Lipinski definition) is 3. The van der Waals surface area contributed by atoms with E-state index < -0.39 is 22.8 Å². The van der Waals surface area contributed by atoms with Crippen LogP contribution in [0.1, 0.15) is 53.6 Å². The molecule has 6 rings (SSSR count). The molecular formula is C42H43N2O4+. The van der Waals surface area contributed by atoms with Gasteiger partial charge in [-0.05, 0) is 75.4 Å². The van der Waals surface area contributed by atoms with Gasteiger partial charge in [-0.3, -0.25) is 4.79 Å². The zero-order valence-electron chi connectivity index (χ0n) is 28.1. The Morgan fingerprint density at radius 1 is 0.750 bits per heavy atom. The molecule has 2 aliphatic heterocycles. The van der Waals surface area contributed by atoms with Gasteiger partial charge in [-0.15, -0.1) is 0 Å². The van der Waals surface area contributed by atoms with Gasteiger partial charge in [0.2, 0.25) is 12.2 Å². The first-order valence-electron chi connectivity index (χ1n) is 16.5. The molecule has 244 valence electrons. The number of carbonyl (C=O) groups is 2. The van der Waals surface area contributed by atoms with Gasteiger partial charge >= 0.3 is 11.9 Å². The average molecular weight is 640 g/mol. The molecule has 2 aliphatic rings. The van der Waals surface area contributed by atoms with Crippen LogP contribution in [0.25, 0.3) is 0 Å². The highest BCUT2D eigenvalue weighted by Crippen LogP contribution is 2.50. The summed E-state index contributed by atoms with van der Waals surface area (Å²) in [6.07, 6.45) is 7.67. The van der Waals surface area contributed by atoms with Crippen LogP contribution in [0, 0.1) is 13.8 Å². The third-order valence-corrected chi connectivity index (χ3v) is 9.94. The predicted molar refractivity (Wildman–Crippen MR) is 192 cm³/mol. The van der Waals surface area contributed by atoms with Crippen LogP contribution in [0.5, 0.6) is 0 Å². The molecule has 4 aromatic carbocycles. The highest BCUT2D eigenvalue weighted by Gasteiger charge is 2.49. The smallest absolute Gasteiger partial charge is 0.370 e. The number of rotatable bonds is 11. The molecule has 2 atom stereocenters. The van der Waals surface area contributed by atoms with E-state index in [-0.39, 0.29) is 13.0 Å². The van der Waals surface area contributed by atoms with Crippen molar-refractivity contribution in [2.75, 3.05) is 18.0 Å². The lowest BCUT2D eigenvalue weighted by molar-refractivity contribution is -0.428. The van der Waals surface area contributed by atoms with E-state index in [9.17, 15) is 19.8 Å².